The van der Waals surface area contributed by atoms with Gasteiger partial charge in [-0.05, 0) is 24.3 Å². The zero-order chi connectivity index (χ0) is 24.1. The molecule has 0 saturated carbocycles. The fourth-order valence-electron chi connectivity index (χ4n) is 3.47. The first-order valence-corrected chi connectivity index (χ1v) is 10.5. The molecule has 2 aliphatic heterocycles. The van der Waals surface area contributed by atoms with Crippen LogP contribution in [-0.4, -0.2) is 73.6 Å². The van der Waals surface area contributed by atoms with Gasteiger partial charge in [0.2, 0.25) is 5.76 Å². The number of ether oxygens (including phenoxy) is 3. The summed E-state index contributed by atoms with van der Waals surface area (Å²) in [7, 11) is 1.22. The summed E-state index contributed by atoms with van der Waals surface area (Å²) in [5.74, 6) is -0.778. The van der Waals surface area contributed by atoms with E-state index in [1.807, 2.05) is 0 Å². The van der Waals surface area contributed by atoms with Crippen molar-refractivity contribution in [2.45, 2.75) is 6.54 Å². The third-order valence-electron chi connectivity index (χ3n) is 5.26. The highest BCUT2D eigenvalue weighted by atomic mass is 16.5. The van der Waals surface area contributed by atoms with E-state index in [1.165, 1.54) is 25.3 Å². The van der Waals surface area contributed by atoms with Crippen LogP contribution in [0.1, 0.15) is 21.9 Å². The Kier molecular flexibility index (Phi) is 6.93. The fraction of sp³-hybridized carbons (Fsp3) is 0.304. The van der Waals surface area contributed by atoms with E-state index in [1.54, 1.807) is 29.2 Å². The molecule has 34 heavy (non-hydrogen) atoms. The maximum Gasteiger partial charge on any atom is 0.373 e. The number of nitrogens with one attached hydrogen (secondary N) is 1. The molecular weight excluding hydrogens is 446 g/mol. The van der Waals surface area contributed by atoms with Gasteiger partial charge in [-0.3, -0.25) is 14.5 Å². The number of esters is 1. The third-order valence-corrected chi connectivity index (χ3v) is 5.26. The van der Waals surface area contributed by atoms with Crippen LogP contribution in [0.5, 0.6) is 5.75 Å². The molecule has 4 amide bonds. The molecule has 2 saturated heterocycles. The maximum atomic E-state index is 12.8. The minimum absolute atomic E-state index is 0.0296. The quantitative estimate of drug-likeness (QED) is 0.366. The van der Waals surface area contributed by atoms with Gasteiger partial charge in [-0.15, -0.1) is 0 Å². The number of carbonyl (C=O) groups is 4. The number of rotatable bonds is 7. The number of furan rings is 1. The molecular formula is C23H23N3O8. The van der Waals surface area contributed by atoms with Crippen molar-refractivity contribution in [3.63, 3.8) is 0 Å². The first kappa shape index (κ1) is 23.1. The normalized spacial score (nSPS) is 17.1. The summed E-state index contributed by atoms with van der Waals surface area (Å²) < 4.78 is 20.9. The molecule has 0 unspecified atom stereocenters. The molecule has 0 bridgehead atoms. The van der Waals surface area contributed by atoms with E-state index in [4.69, 9.17) is 13.9 Å². The topological polar surface area (TPSA) is 128 Å². The van der Waals surface area contributed by atoms with Crippen LogP contribution in [0.15, 0.2) is 46.5 Å². The Hall–Kier alpha value is -4.12. The minimum Gasteiger partial charge on any atom is -0.483 e. The second-order valence-corrected chi connectivity index (χ2v) is 7.46. The molecule has 2 aromatic rings. The van der Waals surface area contributed by atoms with Crippen LogP contribution >= 0.6 is 0 Å². The van der Waals surface area contributed by atoms with Crippen molar-refractivity contribution in [3.8, 4) is 5.75 Å². The summed E-state index contributed by atoms with van der Waals surface area (Å²) >= 11 is 0. The highest BCUT2D eigenvalue weighted by Gasteiger charge is 2.34. The molecule has 0 radical (unpaired) electrons. The molecule has 0 aliphatic carbocycles. The number of amides is 4. The molecule has 0 atom stereocenters. The average Bonchev–Trinajstić information content (AvgIpc) is 3.44. The van der Waals surface area contributed by atoms with E-state index in [0.29, 0.717) is 37.6 Å². The van der Waals surface area contributed by atoms with Crippen LogP contribution in [0, 0.1) is 0 Å². The second-order valence-electron chi connectivity index (χ2n) is 7.46. The Bertz CT molecular complexity index is 1130. The van der Waals surface area contributed by atoms with Crippen molar-refractivity contribution < 1.29 is 37.8 Å². The van der Waals surface area contributed by atoms with Crippen LogP contribution in [0.25, 0.3) is 6.08 Å². The molecule has 11 heteroatoms. The molecule has 1 aromatic heterocycles. The van der Waals surface area contributed by atoms with Crippen molar-refractivity contribution in [3.05, 3.63) is 59.2 Å². The van der Waals surface area contributed by atoms with Crippen molar-refractivity contribution in [1.29, 1.82) is 0 Å². The zero-order valence-corrected chi connectivity index (χ0v) is 18.4. The summed E-state index contributed by atoms with van der Waals surface area (Å²) in [6.07, 6.45) is 1.48. The van der Waals surface area contributed by atoms with Gasteiger partial charge in [0.05, 0.1) is 26.9 Å². The second kappa shape index (κ2) is 10.2. The summed E-state index contributed by atoms with van der Waals surface area (Å²) in [6.45, 7) is 1.70. The van der Waals surface area contributed by atoms with Crippen molar-refractivity contribution in [2.24, 2.45) is 0 Å². The zero-order valence-electron chi connectivity index (χ0n) is 18.4. The number of morpholine rings is 1. The number of urea groups is 1. The highest BCUT2D eigenvalue weighted by molar-refractivity contribution is 6.14. The van der Waals surface area contributed by atoms with Gasteiger partial charge < -0.3 is 28.8 Å². The van der Waals surface area contributed by atoms with E-state index < -0.39 is 17.9 Å². The summed E-state index contributed by atoms with van der Waals surface area (Å²) in [6, 6.07) is 9.14. The van der Waals surface area contributed by atoms with Gasteiger partial charge in [0.15, 0.2) is 6.61 Å². The Morgan fingerprint density at radius 2 is 1.88 bits per heavy atom. The van der Waals surface area contributed by atoms with Crippen molar-refractivity contribution in [1.82, 2.24) is 15.1 Å². The monoisotopic (exact) mass is 469 g/mol. The van der Waals surface area contributed by atoms with Crippen LogP contribution in [0.4, 0.5) is 4.79 Å². The van der Waals surface area contributed by atoms with Crippen LogP contribution < -0.4 is 10.1 Å². The van der Waals surface area contributed by atoms with Crippen LogP contribution in [-0.2, 0) is 25.6 Å². The van der Waals surface area contributed by atoms with E-state index in [2.05, 4.69) is 10.1 Å². The number of benzene rings is 1. The summed E-state index contributed by atoms with van der Waals surface area (Å²) in [5, 5.41) is 2.53. The number of carbonyl (C=O) groups excluding carboxylic acids is 4. The van der Waals surface area contributed by atoms with Gasteiger partial charge in [0.25, 0.3) is 11.8 Å². The molecule has 2 fully saturated rings. The molecule has 178 valence electrons. The first-order chi connectivity index (χ1) is 16.5. The molecule has 1 aromatic carbocycles. The Morgan fingerprint density at radius 1 is 1.12 bits per heavy atom. The number of hydrogen-bond acceptors (Lipinski definition) is 8. The summed E-state index contributed by atoms with van der Waals surface area (Å²) in [4.78, 5) is 51.8. The Labute approximate surface area is 194 Å². The highest BCUT2D eigenvalue weighted by Crippen LogP contribution is 2.24. The molecule has 4 rings (SSSR count). The molecule has 2 aliphatic rings. The SMILES string of the molecule is COC(=O)c1ccc(CN2C(=O)NC(=Cc3ccccc3OCC(=O)N3CCOCC3)C2=O)o1. The van der Waals surface area contributed by atoms with Crippen LogP contribution in [0.3, 0.4) is 0 Å². The standard InChI is InChI=1S/C23H23N3O8/c1-31-22(29)19-7-6-16(34-19)13-26-21(28)17(24-23(26)30)12-15-4-2-3-5-18(15)33-14-20(27)25-8-10-32-11-9-25/h2-7,12H,8-11,13-14H2,1H3,(H,24,30). The number of methoxy groups -OCH3 is 1. The minimum atomic E-state index is -0.659. The molecule has 1 N–H and O–H groups in total. The van der Waals surface area contributed by atoms with Gasteiger partial charge >= 0.3 is 12.0 Å². The fourth-order valence-corrected chi connectivity index (χ4v) is 3.47. The average molecular weight is 469 g/mol. The van der Waals surface area contributed by atoms with Gasteiger partial charge in [-0.2, -0.15) is 0 Å². The van der Waals surface area contributed by atoms with Crippen molar-refractivity contribution in [2.75, 3.05) is 40.0 Å². The van der Waals surface area contributed by atoms with Gasteiger partial charge in [-0.25, -0.2) is 9.59 Å². The van der Waals surface area contributed by atoms with Crippen molar-refractivity contribution >= 4 is 29.9 Å². The predicted octanol–water partition coefficient (Wildman–Crippen LogP) is 1.40. The Balaban J connectivity index is 1.44. The van der Waals surface area contributed by atoms with Crippen LogP contribution in [0.2, 0.25) is 0 Å². The van der Waals surface area contributed by atoms with E-state index >= 15 is 0 Å². The summed E-state index contributed by atoms with van der Waals surface area (Å²) in [5.41, 5.74) is 0.564. The van der Waals surface area contributed by atoms with E-state index in [9.17, 15) is 19.2 Å². The number of para-hydroxylation sites is 1. The third kappa shape index (κ3) is 5.09. The molecule has 0 spiro atoms. The largest absolute Gasteiger partial charge is 0.483 e. The molecule has 3 heterocycles. The van der Waals surface area contributed by atoms with Gasteiger partial charge in [0.1, 0.15) is 17.2 Å². The number of imide groups is 1. The van der Waals surface area contributed by atoms with E-state index in [0.717, 1.165) is 4.90 Å². The first-order valence-electron chi connectivity index (χ1n) is 10.5. The lowest BCUT2D eigenvalue weighted by molar-refractivity contribution is -0.137. The lowest BCUT2D eigenvalue weighted by Gasteiger charge is -2.26. The predicted molar refractivity (Wildman–Crippen MR) is 116 cm³/mol. The number of nitrogens with zero attached hydrogens (tertiary/aromatic N) is 2. The Morgan fingerprint density at radius 3 is 2.65 bits per heavy atom. The van der Waals surface area contributed by atoms with Gasteiger partial charge in [-0.1, -0.05) is 18.2 Å². The smallest absolute Gasteiger partial charge is 0.373 e. The maximum absolute atomic E-state index is 12.8. The lowest BCUT2D eigenvalue weighted by atomic mass is 10.1. The molecule has 11 nitrogen and oxygen atoms in total. The number of hydrogen-bond donors (Lipinski definition) is 1. The van der Waals surface area contributed by atoms with Gasteiger partial charge in [0, 0.05) is 18.7 Å². The lowest BCUT2D eigenvalue weighted by Crippen LogP contribution is -2.43. The van der Waals surface area contributed by atoms with E-state index in [-0.39, 0.29) is 36.3 Å².